The Morgan fingerprint density at radius 3 is 2.66 bits per heavy atom. The van der Waals surface area contributed by atoms with Crippen LogP contribution in [0.5, 0.6) is 0 Å². The van der Waals surface area contributed by atoms with Crippen LogP contribution >= 0.6 is 0 Å². The highest BCUT2D eigenvalue weighted by Crippen LogP contribution is 2.30. The smallest absolute Gasteiger partial charge is 0.258 e. The van der Waals surface area contributed by atoms with Gasteiger partial charge >= 0.3 is 0 Å². The van der Waals surface area contributed by atoms with Crippen molar-refractivity contribution in [3.8, 4) is 0 Å². The molecule has 1 fully saturated rings. The van der Waals surface area contributed by atoms with E-state index in [-0.39, 0.29) is 17.5 Å². The van der Waals surface area contributed by atoms with E-state index in [1.807, 2.05) is 6.92 Å². The molecular formula is C24H29FN2O2. The normalized spacial score (nSPS) is 18.4. The molecule has 1 saturated carbocycles. The lowest BCUT2D eigenvalue weighted by Crippen LogP contribution is -2.37. The van der Waals surface area contributed by atoms with Gasteiger partial charge in [-0.25, -0.2) is 4.39 Å². The highest BCUT2D eigenvalue weighted by molar-refractivity contribution is 6.05. The van der Waals surface area contributed by atoms with Crippen LogP contribution in [0.15, 0.2) is 42.5 Å². The lowest BCUT2D eigenvalue weighted by Gasteiger charge is -2.21. The summed E-state index contributed by atoms with van der Waals surface area (Å²) in [5, 5.41) is 5.92. The topological polar surface area (TPSA) is 58.2 Å². The van der Waals surface area contributed by atoms with Crippen molar-refractivity contribution in [2.45, 2.75) is 58.4 Å². The van der Waals surface area contributed by atoms with Crippen molar-refractivity contribution in [2.24, 2.45) is 5.92 Å². The molecular weight excluding hydrogens is 367 g/mol. The molecule has 3 rings (SSSR count). The summed E-state index contributed by atoms with van der Waals surface area (Å²) in [6.45, 7) is 4.03. The first-order valence-corrected chi connectivity index (χ1v) is 10.5. The second-order valence-corrected chi connectivity index (χ2v) is 7.88. The molecule has 2 unspecified atom stereocenters. The van der Waals surface area contributed by atoms with Gasteiger partial charge in [-0.3, -0.25) is 9.59 Å². The van der Waals surface area contributed by atoms with E-state index in [1.54, 1.807) is 30.3 Å². The standard InChI is InChI=1S/C24H29FN2O2/c1-3-4-8-17-9-7-12-21(17)26-23(28)18-14-13-16(2)22(15-18)27-24(29)19-10-5-6-11-20(19)25/h5-6,10-11,13-15,17,21H,3-4,7-9,12H2,1-2H3,(H,26,28)(H,27,29). The summed E-state index contributed by atoms with van der Waals surface area (Å²) in [4.78, 5) is 25.2. The van der Waals surface area contributed by atoms with Gasteiger partial charge in [-0.2, -0.15) is 0 Å². The number of nitrogens with one attached hydrogen (secondary N) is 2. The van der Waals surface area contributed by atoms with E-state index in [4.69, 9.17) is 0 Å². The average molecular weight is 397 g/mol. The van der Waals surface area contributed by atoms with Gasteiger partial charge in [0.05, 0.1) is 5.56 Å². The van der Waals surface area contributed by atoms with E-state index in [0.29, 0.717) is 17.2 Å². The minimum Gasteiger partial charge on any atom is -0.349 e. The summed E-state index contributed by atoms with van der Waals surface area (Å²) < 4.78 is 13.9. The summed E-state index contributed by atoms with van der Waals surface area (Å²) in [6, 6.07) is 11.3. The third-order valence-corrected chi connectivity index (χ3v) is 5.77. The maximum absolute atomic E-state index is 13.9. The van der Waals surface area contributed by atoms with E-state index in [9.17, 15) is 14.0 Å². The maximum Gasteiger partial charge on any atom is 0.258 e. The quantitative estimate of drug-likeness (QED) is 0.651. The summed E-state index contributed by atoms with van der Waals surface area (Å²) in [7, 11) is 0. The molecule has 29 heavy (non-hydrogen) atoms. The molecule has 0 aromatic heterocycles. The van der Waals surface area contributed by atoms with Crippen molar-refractivity contribution in [1.82, 2.24) is 5.32 Å². The second-order valence-electron chi connectivity index (χ2n) is 7.88. The molecule has 2 atom stereocenters. The van der Waals surface area contributed by atoms with Gasteiger partial charge in [-0.15, -0.1) is 0 Å². The second kappa shape index (κ2) is 9.68. The van der Waals surface area contributed by atoms with E-state index in [1.165, 1.54) is 31.4 Å². The number of benzene rings is 2. The predicted molar refractivity (Wildman–Crippen MR) is 114 cm³/mol. The fourth-order valence-corrected chi connectivity index (χ4v) is 4.02. The SMILES string of the molecule is CCCCC1CCCC1NC(=O)c1ccc(C)c(NC(=O)c2ccccc2F)c1. The highest BCUT2D eigenvalue weighted by Gasteiger charge is 2.28. The fraction of sp³-hybridized carbons (Fsp3) is 0.417. The van der Waals surface area contributed by atoms with E-state index >= 15 is 0 Å². The van der Waals surface area contributed by atoms with Crippen molar-refractivity contribution < 1.29 is 14.0 Å². The fourth-order valence-electron chi connectivity index (χ4n) is 4.02. The van der Waals surface area contributed by atoms with Crippen molar-refractivity contribution >= 4 is 17.5 Å². The third kappa shape index (κ3) is 5.22. The van der Waals surface area contributed by atoms with Crippen LogP contribution in [0.4, 0.5) is 10.1 Å². The molecule has 0 radical (unpaired) electrons. The van der Waals surface area contributed by atoms with Gasteiger partial charge < -0.3 is 10.6 Å². The zero-order valence-electron chi connectivity index (χ0n) is 17.1. The van der Waals surface area contributed by atoms with Crippen LogP contribution in [0.2, 0.25) is 0 Å². The Morgan fingerprint density at radius 1 is 1.10 bits per heavy atom. The van der Waals surface area contributed by atoms with E-state index in [0.717, 1.165) is 24.8 Å². The van der Waals surface area contributed by atoms with Crippen molar-refractivity contribution in [1.29, 1.82) is 0 Å². The van der Waals surface area contributed by atoms with Crippen molar-refractivity contribution in [2.75, 3.05) is 5.32 Å². The first-order valence-electron chi connectivity index (χ1n) is 10.5. The third-order valence-electron chi connectivity index (χ3n) is 5.77. The highest BCUT2D eigenvalue weighted by atomic mass is 19.1. The zero-order valence-corrected chi connectivity index (χ0v) is 17.1. The van der Waals surface area contributed by atoms with Crippen molar-refractivity contribution in [3.05, 3.63) is 65.0 Å². The van der Waals surface area contributed by atoms with Gasteiger partial charge in [-0.05, 0) is 61.9 Å². The summed E-state index contributed by atoms with van der Waals surface area (Å²) in [5.41, 5.74) is 1.81. The van der Waals surface area contributed by atoms with E-state index < -0.39 is 11.7 Å². The van der Waals surface area contributed by atoms with Crippen molar-refractivity contribution in [3.63, 3.8) is 0 Å². The van der Waals surface area contributed by atoms with Gasteiger partial charge in [0.25, 0.3) is 11.8 Å². The number of anilines is 1. The number of unbranched alkanes of at least 4 members (excludes halogenated alkanes) is 1. The summed E-state index contributed by atoms with van der Waals surface area (Å²) in [5.74, 6) is -0.681. The Kier molecular flexibility index (Phi) is 7.02. The van der Waals surface area contributed by atoms with Gasteiger partial charge in [0.1, 0.15) is 5.82 Å². The Morgan fingerprint density at radius 2 is 1.90 bits per heavy atom. The molecule has 1 aliphatic carbocycles. The van der Waals surface area contributed by atoms with Crippen LogP contribution in [0.1, 0.15) is 71.7 Å². The number of aryl methyl sites for hydroxylation is 1. The molecule has 0 spiro atoms. The van der Waals surface area contributed by atoms with Crippen LogP contribution in [-0.2, 0) is 0 Å². The lowest BCUT2D eigenvalue weighted by atomic mass is 9.96. The van der Waals surface area contributed by atoms with Crippen LogP contribution in [0.3, 0.4) is 0 Å². The maximum atomic E-state index is 13.9. The molecule has 5 heteroatoms. The summed E-state index contributed by atoms with van der Waals surface area (Å²) >= 11 is 0. The van der Waals surface area contributed by atoms with Crippen LogP contribution < -0.4 is 10.6 Å². The number of hydrogen-bond donors (Lipinski definition) is 2. The first kappa shape index (κ1) is 21.0. The molecule has 0 saturated heterocycles. The molecule has 2 N–H and O–H groups in total. The molecule has 2 aromatic rings. The Balaban J connectivity index is 1.70. The lowest BCUT2D eigenvalue weighted by molar-refractivity contribution is 0.0925. The molecule has 2 amide bonds. The number of rotatable bonds is 7. The molecule has 0 bridgehead atoms. The van der Waals surface area contributed by atoms with E-state index in [2.05, 4.69) is 17.6 Å². The number of carbonyl (C=O) groups is 2. The molecule has 154 valence electrons. The number of hydrogen-bond acceptors (Lipinski definition) is 2. The van der Waals surface area contributed by atoms with Gasteiger partial charge in [0, 0.05) is 17.3 Å². The zero-order chi connectivity index (χ0) is 20.8. The van der Waals surface area contributed by atoms with Crippen LogP contribution in [-0.4, -0.2) is 17.9 Å². The minimum absolute atomic E-state index is 0.0218. The molecule has 0 aliphatic heterocycles. The Labute approximate surface area is 171 Å². The molecule has 2 aromatic carbocycles. The van der Waals surface area contributed by atoms with Gasteiger partial charge in [0.2, 0.25) is 0 Å². The predicted octanol–water partition coefficient (Wildman–Crippen LogP) is 5.48. The van der Waals surface area contributed by atoms with Crippen LogP contribution in [0.25, 0.3) is 0 Å². The number of halogens is 1. The van der Waals surface area contributed by atoms with Gasteiger partial charge in [-0.1, -0.05) is 44.4 Å². The Hall–Kier alpha value is -2.69. The van der Waals surface area contributed by atoms with Gasteiger partial charge in [0.15, 0.2) is 0 Å². The number of amides is 2. The minimum atomic E-state index is -0.573. The summed E-state index contributed by atoms with van der Waals surface area (Å²) in [6.07, 6.45) is 6.84. The monoisotopic (exact) mass is 396 g/mol. The first-order chi connectivity index (χ1) is 14.0. The molecule has 1 aliphatic rings. The van der Waals surface area contributed by atoms with Crippen LogP contribution in [0, 0.1) is 18.7 Å². The Bertz CT molecular complexity index is 881. The molecule has 0 heterocycles. The average Bonchev–Trinajstić information content (AvgIpc) is 3.15. The number of carbonyl (C=O) groups excluding carboxylic acids is 2. The largest absolute Gasteiger partial charge is 0.349 e. The molecule has 4 nitrogen and oxygen atoms in total.